The van der Waals surface area contributed by atoms with E-state index in [0.717, 1.165) is 31.8 Å². The number of hydrogen-bond donors (Lipinski definition) is 2. The minimum absolute atomic E-state index is 0.0198. The van der Waals surface area contributed by atoms with Crippen LogP contribution >= 0.6 is 11.3 Å². The number of rotatable bonds is 5. The van der Waals surface area contributed by atoms with Crippen LogP contribution in [0.5, 0.6) is 0 Å². The lowest BCUT2D eigenvalue weighted by Gasteiger charge is -2.03. The van der Waals surface area contributed by atoms with Crippen molar-refractivity contribution in [2.24, 2.45) is 0 Å². The van der Waals surface area contributed by atoms with E-state index in [4.69, 9.17) is 0 Å². The van der Waals surface area contributed by atoms with Crippen LogP contribution in [0.4, 0.5) is 0 Å². The Morgan fingerprint density at radius 2 is 1.81 bits per heavy atom. The number of fused-ring (bicyclic) bond motifs is 2. The maximum Gasteiger partial charge on any atom is 0.251 e. The molecule has 2 aromatic heterocycles. The van der Waals surface area contributed by atoms with E-state index in [1.807, 2.05) is 54.6 Å². The number of aromatic amines is 1. The molecule has 0 spiro atoms. The van der Waals surface area contributed by atoms with Gasteiger partial charge in [0.15, 0.2) is 5.78 Å². The Morgan fingerprint density at radius 1 is 0.935 bits per heavy atom. The number of aromatic nitrogens is 3. The van der Waals surface area contributed by atoms with Crippen LogP contribution < -0.4 is 5.32 Å². The highest BCUT2D eigenvalue weighted by Gasteiger charge is 2.12. The zero-order valence-corrected chi connectivity index (χ0v) is 17.5. The second kappa shape index (κ2) is 7.77. The average molecular weight is 427 g/mol. The lowest BCUT2D eigenvalue weighted by atomic mass is 10.1. The molecule has 0 bridgehead atoms. The summed E-state index contributed by atoms with van der Waals surface area (Å²) in [5, 5.41) is 3.73. The minimum Gasteiger partial charge on any atom is -0.345 e. The highest BCUT2D eigenvalue weighted by atomic mass is 32.1. The van der Waals surface area contributed by atoms with Crippen LogP contribution in [-0.4, -0.2) is 26.6 Å². The number of amides is 1. The van der Waals surface area contributed by atoms with Gasteiger partial charge in [0.05, 0.1) is 27.8 Å². The van der Waals surface area contributed by atoms with Crippen molar-refractivity contribution in [1.29, 1.82) is 0 Å². The monoisotopic (exact) mass is 426 g/mol. The van der Waals surface area contributed by atoms with E-state index in [0.29, 0.717) is 23.5 Å². The Balaban J connectivity index is 1.36. The summed E-state index contributed by atoms with van der Waals surface area (Å²) < 4.78 is 0.916. The van der Waals surface area contributed by atoms with Crippen molar-refractivity contribution >= 4 is 44.3 Å². The van der Waals surface area contributed by atoms with Gasteiger partial charge in [0.25, 0.3) is 5.91 Å². The predicted octanol–water partition coefficient (Wildman–Crippen LogP) is 4.97. The maximum atomic E-state index is 12.7. The fourth-order valence-electron chi connectivity index (χ4n) is 3.42. The second-order valence-corrected chi connectivity index (χ2v) is 8.25. The lowest BCUT2D eigenvalue weighted by Crippen LogP contribution is -2.23. The van der Waals surface area contributed by atoms with Crippen molar-refractivity contribution in [3.8, 4) is 10.6 Å². The van der Waals surface area contributed by atoms with Crippen molar-refractivity contribution < 1.29 is 9.59 Å². The third kappa shape index (κ3) is 3.83. The molecule has 31 heavy (non-hydrogen) atoms. The first kappa shape index (κ1) is 19.1. The van der Waals surface area contributed by atoms with Crippen LogP contribution in [0, 0.1) is 0 Å². The molecule has 0 radical (unpaired) electrons. The molecule has 0 unspecified atom stereocenters. The number of ketones is 1. The number of thiazole rings is 1. The number of H-pyrrole nitrogens is 1. The molecule has 0 aliphatic heterocycles. The van der Waals surface area contributed by atoms with Crippen molar-refractivity contribution in [3.63, 3.8) is 0 Å². The third-order valence-electron chi connectivity index (χ3n) is 5.02. The Morgan fingerprint density at radius 3 is 2.65 bits per heavy atom. The molecular weight excluding hydrogens is 408 g/mol. The SMILES string of the molecule is CC(=O)c1cccc(-c2nc3ccc(C(=O)NCc4nc5ccccc5[nH]4)cc3s2)c1. The number of carbonyl (C=O) groups is 2. The Hall–Kier alpha value is -3.84. The third-order valence-corrected chi connectivity index (χ3v) is 6.09. The van der Waals surface area contributed by atoms with Gasteiger partial charge in [-0.1, -0.05) is 30.3 Å². The fourth-order valence-corrected chi connectivity index (χ4v) is 4.42. The number of para-hydroxylation sites is 2. The first-order valence-electron chi connectivity index (χ1n) is 9.80. The number of imidazole rings is 1. The van der Waals surface area contributed by atoms with Gasteiger partial charge in [-0.3, -0.25) is 9.59 Å². The van der Waals surface area contributed by atoms with Gasteiger partial charge in [-0.2, -0.15) is 0 Å². The van der Waals surface area contributed by atoms with E-state index < -0.39 is 0 Å². The standard InChI is InChI=1S/C24H18N4O2S/c1-14(29)15-5-4-6-17(11-15)24-28-20-10-9-16(12-21(20)31-24)23(30)25-13-22-26-18-7-2-3-8-19(18)27-22/h2-12H,13H2,1H3,(H,25,30)(H,26,27). The number of hydrogen-bond acceptors (Lipinski definition) is 5. The fraction of sp³-hybridized carbons (Fsp3) is 0.0833. The van der Waals surface area contributed by atoms with E-state index >= 15 is 0 Å². The molecule has 5 aromatic rings. The highest BCUT2D eigenvalue weighted by Crippen LogP contribution is 2.31. The largest absolute Gasteiger partial charge is 0.345 e. The Bertz CT molecular complexity index is 1420. The number of nitrogens with zero attached hydrogens (tertiary/aromatic N) is 2. The van der Waals surface area contributed by atoms with Gasteiger partial charge < -0.3 is 10.3 Å². The molecule has 0 fully saturated rings. The molecule has 2 N–H and O–H groups in total. The summed E-state index contributed by atoms with van der Waals surface area (Å²) in [6.45, 7) is 1.87. The summed E-state index contributed by atoms with van der Waals surface area (Å²) in [5.74, 6) is 0.559. The summed E-state index contributed by atoms with van der Waals surface area (Å²) in [4.78, 5) is 36.7. The average Bonchev–Trinajstić information content (AvgIpc) is 3.40. The van der Waals surface area contributed by atoms with Crippen LogP contribution in [0.3, 0.4) is 0 Å². The summed E-state index contributed by atoms with van der Waals surface area (Å²) >= 11 is 1.50. The van der Waals surface area contributed by atoms with Gasteiger partial charge in [0, 0.05) is 16.7 Å². The molecule has 0 saturated heterocycles. The molecular formula is C24H18N4O2S. The molecule has 5 rings (SSSR count). The first-order chi connectivity index (χ1) is 15.1. The van der Waals surface area contributed by atoms with E-state index in [2.05, 4.69) is 20.3 Å². The Kier molecular flexibility index (Phi) is 4.80. The van der Waals surface area contributed by atoms with Gasteiger partial charge in [-0.25, -0.2) is 9.97 Å². The summed E-state index contributed by atoms with van der Waals surface area (Å²) in [7, 11) is 0. The van der Waals surface area contributed by atoms with Crippen LogP contribution in [0.2, 0.25) is 0 Å². The highest BCUT2D eigenvalue weighted by molar-refractivity contribution is 7.21. The number of nitrogens with one attached hydrogen (secondary N) is 2. The van der Waals surface area contributed by atoms with Crippen molar-refractivity contribution in [3.05, 3.63) is 83.7 Å². The summed E-state index contributed by atoms with van der Waals surface area (Å²) in [5.41, 5.74) is 4.75. The molecule has 7 heteroatoms. The zero-order chi connectivity index (χ0) is 21.4. The number of Topliss-reactive ketones (excluding diaryl/α,β-unsaturated/α-hetero) is 1. The predicted molar refractivity (Wildman–Crippen MR) is 122 cm³/mol. The van der Waals surface area contributed by atoms with E-state index in [-0.39, 0.29) is 11.7 Å². The summed E-state index contributed by atoms with van der Waals surface area (Å²) in [6.07, 6.45) is 0. The first-order valence-corrected chi connectivity index (χ1v) is 10.6. The second-order valence-electron chi connectivity index (χ2n) is 7.22. The van der Waals surface area contributed by atoms with Gasteiger partial charge in [0.2, 0.25) is 0 Å². The van der Waals surface area contributed by atoms with Gasteiger partial charge in [-0.05, 0) is 43.3 Å². The number of carbonyl (C=O) groups excluding carboxylic acids is 2. The van der Waals surface area contributed by atoms with Crippen LogP contribution in [0.25, 0.3) is 31.8 Å². The van der Waals surface area contributed by atoms with Gasteiger partial charge in [-0.15, -0.1) is 11.3 Å². The van der Waals surface area contributed by atoms with Crippen molar-refractivity contribution in [2.75, 3.05) is 0 Å². The topological polar surface area (TPSA) is 87.7 Å². The van der Waals surface area contributed by atoms with Crippen LogP contribution in [0.1, 0.15) is 33.5 Å². The normalized spacial score (nSPS) is 11.1. The molecule has 0 aliphatic carbocycles. The van der Waals surface area contributed by atoms with Crippen molar-refractivity contribution in [1.82, 2.24) is 20.3 Å². The number of benzene rings is 3. The smallest absolute Gasteiger partial charge is 0.251 e. The zero-order valence-electron chi connectivity index (χ0n) is 16.7. The van der Waals surface area contributed by atoms with E-state index in [9.17, 15) is 9.59 Å². The Labute approximate surface area is 182 Å². The molecule has 0 aliphatic rings. The molecule has 2 heterocycles. The molecule has 0 atom stereocenters. The van der Waals surface area contributed by atoms with Crippen molar-refractivity contribution in [2.45, 2.75) is 13.5 Å². The van der Waals surface area contributed by atoms with Gasteiger partial charge >= 0.3 is 0 Å². The summed E-state index contributed by atoms with van der Waals surface area (Å²) in [6, 6.07) is 20.7. The minimum atomic E-state index is -0.170. The molecule has 6 nitrogen and oxygen atoms in total. The van der Waals surface area contributed by atoms with Crippen LogP contribution in [-0.2, 0) is 6.54 Å². The molecule has 152 valence electrons. The molecule has 1 amide bonds. The lowest BCUT2D eigenvalue weighted by molar-refractivity contribution is 0.0949. The quantitative estimate of drug-likeness (QED) is 0.388. The molecule has 0 saturated carbocycles. The molecule has 3 aromatic carbocycles. The van der Waals surface area contributed by atoms with Gasteiger partial charge in [0.1, 0.15) is 10.8 Å². The van der Waals surface area contributed by atoms with Crippen LogP contribution in [0.15, 0.2) is 66.7 Å². The maximum absolute atomic E-state index is 12.7. The van der Waals surface area contributed by atoms with E-state index in [1.54, 1.807) is 19.1 Å². The van der Waals surface area contributed by atoms with E-state index in [1.165, 1.54) is 11.3 Å².